The van der Waals surface area contributed by atoms with E-state index in [0.29, 0.717) is 6.04 Å². The molecule has 0 unspecified atom stereocenters. The number of aromatic nitrogens is 2. The third-order valence-corrected chi connectivity index (χ3v) is 5.67. The summed E-state index contributed by atoms with van der Waals surface area (Å²) in [7, 11) is 2.23. The summed E-state index contributed by atoms with van der Waals surface area (Å²) in [5, 5.41) is 1.25. The fraction of sp³-hybridized carbons (Fsp3) is 0.350. The zero-order chi connectivity index (χ0) is 16.1. The van der Waals surface area contributed by atoms with E-state index in [4.69, 9.17) is 0 Å². The van der Waals surface area contributed by atoms with Gasteiger partial charge in [0.05, 0.1) is 11.9 Å². The minimum absolute atomic E-state index is 0.652. The van der Waals surface area contributed by atoms with Crippen LogP contribution in [0.4, 0.5) is 5.69 Å². The quantitative estimate of drug-likeness (QED) is 0.787. The number of pyridine rings is 1. The van der Waals surface area contributed by atoms with Crippen LogP contribution in [0.5, 0.6) is 0 Å². The van der Waals surface area contributed by atoms with Crippen LogP contribution in [0, 0.1) is 5.92 Å². The Bertz CT molecular complexity index is 884. The number of hydrogen-bond donors (Lipinski definition) is 1. The smallest absolute Gasteiger partial charge is 0.0562 e. The Hall–Kier alpha value is -2.33. The Morgan fingerprint density at radius 2 is 2.04 bits per heavy atom. The summed E-state index contributed by atoms with van der Waals surface area (Å²) in [5.41, 5.74) is 4.88. The van der Waals surface area contributed by atoms with Crippen LogP contribution in [-0.2, 0) is 0 Å². The first-order valence-corrected chi connectivity index (χ1v) is 8.76. The van der Waals surface area contributed by atoms with Gasteiger partial charge in [-0.05, 0) is 54.6 Å². The monoisotopic (exact) mass is 318 g/mol. The summed E-state index contributed by atoms with van der Waals surface area (Å²) in [4.78, 5) is 12.8. The van der Waals surface area contributed by atoms with E-state index in [1.165, 1.54) is 47.2 Å². The standard InChI is InChI=1S/C20H22N4/c1-23-12-16-5-7-24(20(16)13-23)18-9-17(10-21-11-18)14-2-3-19-15(8-14)4-6-22-19/h2-4,6,8-11,16,20,22H,5,7,12-13H2,1H3/t16-,20+/m0/s1. The molecule has 0 radical (unpaired) electrons. The van der Waals surface area contributed by atoms with Crippen molar-refractivity contribution in [3.63, 3.8) is 0 Å². The maximum atomic E-state index is 4.54. The van der Waals surface area contributed by atoms with Crippen molar-refractivity contribution >= 4 is 16.6 Å². The Balaban J connectivity index is 1.50. The van der Waals surface area contributed by atoms with E-state index < -0.39 is 0 Å². The van der Waals surface area contributed by atoms with Gasteiger partial charge in [-0.3, -0.25) is 4.98 Å². The number of nitrogens with one attached hydrogen (secondary N) is 1. The Kier molecular flexibility index (Phi) is 3.13. The average Bonchev–Trinajstić information content (AvgIpc) is 3.29. The van der Waals surface area contributed by atoms with Crippen molar-refractivity contribution in [1.29, 1.82) is 0 Å². The van der Waals surface area contributed by atoms with E-state index in [-0.39, 0.29) is 0 Å². The van der Waals surface area contributed by atoms with Gasteiger partial charge in [0.15, 0.2) is 0 Å². The number of nitrogens with zero attached hydrogens (tertiary/aromatic N) is 3. The number of likely N-dealkylation sites (N-methyl/N-ethyl adjacent to an activating group) is 1. The SMILES string of the molecule is CN1C[C@@H]2CCN(c3cncc(-c4ccc5[nH]ccc5c4)c3)[C@@H]2C1. The van der Waals surface area contributed by atoms with Crippen LogP contribution in [-0.4, -0.2) is 47.6 Å². The normalized spacial score (nSPS) is 24.0. The summed E-state index contributed by atoms with van der Waals surface area (Å²) >= 11 is 0. The van der Waals surface area contributed by atoms with Gasteiger partial charge in [-0.25, -0.2) is 0 Å². The molecule has 0 bridgehead atoms. The number of rotatable bonds is 2. The Morgan fingerprint density at radius 1 is 1.08 bits per heavy atom. The number of H-pyrrole nitrogens is 1. The fourth-order valence-corrected chi connectivity index (χ4v) is 4.47. The lowest BCUT2D eigenvalue weighted by Gasteiger charge is -2.26. The Labute approximate surface area is 142 Å². The fourth-order valence-electron chi connectivity index (χ4n) is 4.47. The van der Waals surface area contributed by atoms with E-state index in [9.17, 15) is 0 Å². The van der Waals surface area contributed by atoms with Crippen molar-refractivity contribution < 1.29 is 0 Å². The van der Waals surface area contributed by atoms with Gasteiger partial charge < -0.3 is 14.8 Å². The number of hydrogen-bond acceptors (Lipinski definition) is 3. The molecule has 4 heterocycles. The molecule has 24 heavy (non-hydrogen) atoms. The van der Waals surface area contributed by atoms with Crippen molar-refractivity contribution in [2.45, 2.75) is 12.5 Å². The van der Waals surface area contributed by atoms with E-state index in [1.54, 1.807) is 0 Å². The summed E-state index contributed by atoms with van der Waals surface area (Å²) in [6, 6.07) is 11.6. The second kappa shape index (κ2) is 5.35. The van der Waals surface area contributed by atoms with Gasteiger partial charge in [-0.1, -0.05) is 6.07 Å². The van der Waals surface area contributed by atoms with Crippen molar-refractivity contribution in [1.82, 2.24) is 14.9 Å². The van der Waals surface area contributed by atoms with Gasteiger partial charge in [-0.2, -0.15) is 0 Å². The minimum Gasteiger partial charge on any atom is -0.366 e. The van der Waals surface area contributed by atoms with Crippen molar-refractivity contribution in [3.05, 3.63) is 48.9 Å². The molecular formula is C20H22N4. The molecule has 4 heteroatoms. The average molecular weight is 318 g/mol. The predicted octanol–water partition coefficient (Wildman–Crippen LogP) is 3.37. The number of benzene rings is 1. The highest BCUT2D eigenvalue weighted by atomic mass is 15.3. The van der Waals surface area contributed by atoms with Gasteiger partial charge in [0.2, 0.25) is 0 Å². The van der Waals surface area contributed by atoms with E-state index in [1.807, 2.05) is 18.6 Å². The van der Waals surface area contributed by atoms with E-state index in [0.717, 1.165) is 12.5 Å². The van der Waals surface area contributed by atoms with Gasteiger partial charge in [-0.15, -0.1) is 0 Å². The minimum atomic E-state index is 0.652. The lowest BCUT2D eigenvalue weighted by atomic mass is 10.0. The topological polar surface area (TPSA) is 35.2 Å². The second-order valence-corrected chi connectivity index (χ2v) is 7.24. The first-order valence-electron chi connectivity index (χ1n) is 8.76. The lowest BCUT2D eigenvalue weighted by molar-refractivity contribution is 0.386. The van der Waals surface area contributed by atoms with Crippen LogP contribution in [0.3, 0.4) is 0 Å². The maximum absolute atomic E-state index is 4.54. The lowest BCUT2D eigenvalue weighted by Crippen LogP contribution is -2.34. The van der Waals surface area contributed by atoms with E-state index in [2.05, 4.69) is 57.1 Å². The molecule has 2 aromatic heterocycles. The third-order valence-electron chi connectivity index (χ3n) is 5.67. The highest BCUT2D eigenvalue weighted by molar-refractivity contribution is 5.85. The molecule has 3 aromatic rings. The summed E-state index contributed by atoms with van der Waals surface area (Å²) in [6.07, 6.45) is 7.29. The van der Waals surface area contributed by atoms with Crippen molar-refractivity contribution in [2.75, 3.05) is 31.6 Å². The number of fused-ring (bicyclic) bond motifs is 2. The molecule has 2 atom stereocenters. The molecular weight excluding hydrogens is 296 g/mol. The molecule has 1 aromatic carbocycles. The molecule has 2 fully saturated rings. The van der Waals surface area contributed by atoms with Gasteiger partial charge in [0, 0.05) is 49.1 Å². The molecule has 0 spiro atoms. The molecule has 4 nitrogen and oxygen atoms in total. The van der Waals surface area contributed by atoms with Crippen LogP contribution in [0.1, 0.15) is 6.42 Å². The van der Waals surface area contributed by atoms with Crippen LogP contribution in [0.25, 0.3) is 22.0 Å². The zero-order valence-corrected chi connectivity index (χ0v) is 13.9. The van der Waals surface area contributed by atoms with Gasteiger partial charge >= 0.3 is 0 Å². The zero-order valence-electron chi connectivity index (χ0n) is 13.9. The predicted molar refractivity (Wildman–Crippen MR) is 98.3 cm³/mol. The third kappa shape index (κ3) is 2.21. The molecule has 2 saturated heterocycles. The molecule has 1 N–H and O–H groups in total. The molecule has 2 aliphatic rings. The summed E-state index contributed by atoms with van der Waals surface area (Å²) in [6.45, 7) is 3.56. The van der Waals surface area contributed by atoms with Gasteiger partial charge in [0.25, 0.3) is 0 Å². The maximum Gasteiger partial charge on any atom is 0.0562 e. The Morgan fingerprint density at radius 3 is 3.00 bits per heavy atom. The molecule has 0 amide bonds. The van der Waals surface area contributed by atoms with E-state index >= 15 is 0 Å². The highest BCUT2D eigenvalue weighted by Crippen LogP contribution is 2.35. The number of anilines is 1. The molecule has 122 valence electrons. The van der Waals surface area contributed by atoms with Crippen molar-refractivity contribution in [2.24, 2.45) is 5.92 Å². The molecule has 2 aliphatic heterocycles. The largest absolute Gasteiger partial charge is 0.366 e. The molecule has 5 rings (SSSR count). The summed E-state index contributed by atoms with van der Waals surface area (Å²) in [5.74, 6) is 0.815. The molecule has 0 aliphatic carbocycles. The van der Waals surface area contributed by atoms with Crippen molar-refractivity contribution in [3.8, 4) is 11.1 Å². The van der Waals surface area contributed by atoms with Crippen LogP contribution >= 0.6 is 0 Å². The van der Waals surface area contributed by atoms with Crippen LogP contribution in [0.15, 0.2) is 48.9 Å². The number of likely N-dealkylation sites (tertiary alicyclic amines) is 1. The first kappa shape index (κ1) is 14.1. The highest BCUT2D eigenvalue weighted by Gasteiger charge is 2.40. The van der Waals surface area contributed by atoms with Crippen LogP contribution in [0.2, 0.25) is 0 Å². The van der Waals surface area contributed by atoms with Gasteiger partial charge in [0.1, 0.15) is 0 Å². The van der Waals surface area contributed by atoms with Crippen LogP contribution < -0.4 is 4.90 Å². The first-order chi connectivity index (χ1) is 11.8. The summed E-state index contributed by atoms with van der Waals surface area (Å²) < 4.78 is 0. The molecule has 0 saturated carbocycles. The number of aromatic amines is 1. The second-order valence-electron chi connectivity index (χ2n) is 7.24.